The Morgan fingerprint density at radius 2 is 1.95 bits per heavy atom. The summed E-state index contributed by atoms with van der Waals surface area (Å²) in [5.41, 5.74) is -2.67. The van der Waals surface area contributed by atoms with Gasteiger partial charge in [-0.25, -0.2) is 0 Å². The molecule has 0 spiro atoms. The summed E-state index contributed by atoms with van der Waals surface area (Å²) in [5, 5.41) is 9.70. The molecular weight excluding hydrogens is 297 g/mol. The number of esters is 1. The third-order valence-corrected chi connectivity index (χ3v) is 5.44. The second-order valence-corrected chi connectivity index (χ2v) is 7.26. The summed E-state index contributed by atoms with van der Waals surface area (Å²) < 4.78 is 44.1. The summed E-state index contributed by atoms with van der Waals surface area (Å²) in [6, 6.07) is 0. The summed E-state index contributed by atoms with van der Waals surface area (Å²) in [4.78, 5) is 11.9. The zero-order valence-corrected chi connectivity index (χ0v) is 13.3. The summed E-state index contributed by atoms with van der Waals surface area (Å²) in [5.74, 6) is -0.414. The molecule has 0 aromatic heterocycles. The normalized spacial score (nSPS) is 35.2. The van der Waals surface area contributed by atoms with Crippen LogP contribution in [0.5, 0.6) is 0 Å². The van der Waals surface area contributed by atoms with Crippen molar-refractivity contribution in [3.8, 4) is 0 Å². The van der Waals surface area contributed by atoms with Gasteiger partial charge in [-0.15, -0.1) is 0 Å². The monoisotopic (exact) mass is 322 g/mol. The van der Waals surface area contributed by atoms with Gasteiger partial charge in [-0.05, 0) is 56.8 Å². The van der Waals surface area contributed by atoms with Crippen LogP contribution in [0, 0.1) is 23.7 Å². The fourth-order valence-corrected chi connectivity index (χ4v) is 3.86. The molecule has 2 fully saturated rings. The minimum Gasteiger partial charge on any atom is -0.462 e. The molecule has 1 N–H and O–H groups in total. The molecule has 6 heteroatoms. The van der Waals surface area contributed by atoms with E-state index in [2.05, 4.69) is 0 Å². The topological polar surface area (TPSA) is 46.5 Å². The predicted octanol–water partition coefficient (Wildman–Crippen LogP) is 3.69. The third kappa shape index (κ3) is 3.42. The molecule has 2 bridgehead atoms. The van der Waals surface area contributed by atoms with Gasteiger partial charge in [0.05, 0.1) is 5.92 Å². The number of fused-ring (bicyclic) bond motifs is 2. The number of alkyl halides is 3. The number of aliphatic hydroxyl groups is 1. The van der Waals surface area contributed by atoms with Gasteiger partial charge in [-0.1, -0.05) is 13.8 Å². The summed E-state index contributed by atoms with van der Waals surface area (Å²) >= 11 is 0. The van der Waals surface area contributed by atoms with Gasteiger partial charge in [0.1, 0.15) is 6.10 Å². The van der Waals surface area contributed by atoms with Crippen LogP contribution in [0.2, 0.25) is 0 Å². The smallest absolute Gasteiger partial charge is 0.416 e. The lowest BCUT2D eigenvalue weighted by atomic mass is 9.79. The Hall–Kier alpha value is -0.780. The van der Waals surface area contributed by atoms with E-state index in [4.69, 9.17) is 4.74 Å². The zero-order valence-electron chi connectivity index (χ0n) is 13.3. The van der Waals surface area contributed by atoms with E-state index in [1.54, 1.807) is 6.92 Å². The van der Waals surface area contributed by atoms with Gasteiger partial charge in [0.15, 0.2) is 5.60 Å². The highest BCUT2D eigenvalue weighted by molar-refractivity contribution is 5.72. The molecule has 0 aromatic carbocycles. The number of halogens is 3. The zero-order chi connectivity index (χ0) is 16.7. The fraction of sp³-hybridized carbons (Fsp3) is 0.938. The van der Waals surface area contributed by atoms with Crippen LogP contribution in [0.1, 0.15) is 52.9 Å². The quantitative estimate of drug-likeness (QED) is 0.785. The standard InChI is InChI=1S/C16H25F3O3/c1-4-9(2)14(20)22-13-7-10-5-11(12(13)6-10)8-15(3,21)16(17,18)19/h9-13,21H,4-8H2,1-3H3. The fourth-order valence-electron chi connectivity index (χ4n) is 3.86. The Kier molecular flexibility index (Phi) is 4.81. The van der Waals surface area contributed by atoms with Crippen molar-refractivity contribution in [3.63, 3.8) is 0 Å². The second-order valence-electron chi connectivity index (χ2n) is 7.26. The molecule has 0 aromatic rings. The van der Waals surface area contributed by atoms with Gasteiger partial charge >= 0.3 is 12.1 Å². The van der Waals surface area contributed by atoms with E-state index in [1.165, 1.54) is 0 Å². The van der Waals surface area contributed by atoms with Gasteiger partial charge in [0, 0.05) is 0 Å². The number of rotatable bonds is 5. The highest BCUT2D eigenvalue weighted by Crippen LogP contribution is 2.53. The largest absolute Gasteiger partial charge is 0.462 e. The van der Waals surface area contributed by atoms with Crippen LogP contribution in [0.15, 0.2) is 0 Å². The Balaban J connectivity index is 1.98. The minimum absolute atomic E-state index is 0.0492. The van der Waals surface area contributed by atoms with Crippen LogP contribution in [0.3, 0.4) is 0 Å². The van der Waals surface area contributed by atoms with Crippen molar-refractivity contribution in [1.29, 1.82) is 0 Å². The van der Waals surface area contributed by atoms with Crippen LogP contribution in [0.4, 0.5) is 13.2 Å². The molecule has 22 heavy (non-hydrogen) atoms. The van der Waals surface area contributed by atoms with Crippen molar-refractivity contribution in [2.45, 2.75) is 70.8 Å². The molecule has 6 atom stereocenters. The Bertz CT molecular complexity index is 419. The number of hydrogen-bond donors (Lipinski definition) is 1. The maximum absolute atomic E-state index is 12.9. The SMILES string of the molecule is CCC(C)C(=O)OC1CC2CC(CC(C)(O)C(F)(F)F)C1C2. The van der Waals surface area contributed by atoms with Crippen LogP contribution in [0.25, 0.3) is 0 Å². The van der Waals surface area contributed by atoms with E-state index in [0.717, 1.165) is 19.8 Å². The van der Waals surface area contributed by atoms with Gasteiger partial charge < -0.3 is 9.84 Å². The van der Waals surface area contributed by atoms with E-state index in [9.17, 15) is 23.1 Å². The average Bonchev–Trinajstić information content (AvgIpc) is 2.95. The maximum Gasteiger partial charge on any atom is 0.416 e. The first-order valence-corrected chi connectivity index (χ1v) is 8.04. The van der Waals surface area contributed by atoms with Crippen molar-refractivity contribution in [2.75, 3.05) is 0 Å². The van der Waals surface area contributed by atoms with Gasteiger partial charge in [0.25, 0.3) is 0 Å². The van der Waals surface area contributed by atoms with Crippen molar-refractivity contribution in [1.82, 2.24) is 0 Å². The molecule has 0 radical (unpaired) electrons. The van der Waals surface area contributed by atoms with E-state index < -0.39 is 11.8 Å². The highest BCUT2D eigenvalue weighted by Gasteiger charge is 2.55. The van der Waals surface area contributed by atoms with E-state index >= 15 is 0 Å². The first-order valence-electron chi connectivity index (χ1n) is 8.04. The first kappa shape index (κ1) is 17.6. The molecule has 6 unspecified atom stereocenters. The Morgan fingerprint density at radius 1 is 1.32 bits per heavy atom. The Morgan fingerprint density at radius 3 is 2.45 bits per heavy atom. The van der Waals surface area contributed by atoms with Crippen molar-refractivity contribution < 1.29 is 27.8 Å². The highest BCUT2D eigenvalue weighted by atomic mass is 19.4. The number of carbonyl (C=O) groups is 1. The molecule has 2 rings (SSSR count). The number of carbonyl (C=O) groups excluding carboxylic acids is 1. The molecule has 128 valence electrons. The molecule has 2 aliphatic rings. The lowest BCUT2D eigenvalue weighted by Crippen LogP contribution is -2.45. The van der Waals surface area contributed by atoms with E-state index in [0.29, 0.717) is 18.8 Å². The van der Waals surface area contributed by atoms with Crippen LogP contribution >= 0.6 is 0 Å². The van der Waals surface area contributed by atoms with E-state index in [1.807, 2.05) is 6.92 Å². The molecule has 0 saturated heterocycles. The van der Waals surface area contributed by atoms with Crippen LogP contribution in [-0.2, 0) is 9.53 Å². The van der Waals surface area contributed by atoms with Crippen LogP contribution in [-0.4, -0.2) is 29.0 Å². The van der Waals surface area contributed by atoms with Gasteiger partial charge in [-0.2, -0.15) is 13.2 Å². The molecule has 2 saturated carbocycles. The second kappa shape index (κ2) is 6.02. The molecule has 3 nitrogen and oxygen atoms in total. The summed E-state index contributed by atoms with van der Waals surface area (Å²) in [6.07, 6.45) is -2.30. The Labute approximate surface area is 129 Å². The molecule has 0 amide bonds. The lowest BCUT2D eigenvalue weighted by molar-refractivity contribution is -0.260. The number of ether oxygens (including phenoxy) is 1. The predicted molar refractivity (Wildman–Crippen MR) is 75.0 cm³/mol. The van der Waals surface area contributed by atoms with Crippen molar-refractivity contribution in [2.24, 2.45) is 23.7 Å². The molecule has 0 aliphatic heterocycles. The van der Waals surface area contributed by atoms with E-state index in [-0.39, 0.29) is 36.2 Å². The average molecular weight is 322 g/mol. The van der Waals surface area contributed by atoms with Crippen molar-refractivity contribution in [3.05, 3.63) is 0 Å². The minimum atomic E-state index is -4.63. The number of hydrogen-bond acceptors (Lipinski definition) is 3. The molecular formula is C16H25F3O3. The van der Waals surface area contributed by atoms with Gasteiger partial charge in [0.2, 0.25) is 0 Å². The van der Waals surface area contributed by atoms with Crippen LogP contribution < -0.4 is 0 Å². The maximum atomic E-state index is 12.9. The lowest BCUT2D eigenvalue weighted by Gasteiger charge is -2.35. The van der Waals surface area contributed by atoms with Gasteiger partial charge in [-0.3, -0.25) is 4.79 Å². The van der Waals surface area contributed by atoms with Crippen molar-refractivity contribution >= 4 is 5.97 Å². The molecule has 0 heterocycles. The molecule has 2 aliphatic carbocycles. The summed E-state index contributed by atoms with van der Waals surface area (Å²) in [6.45, 7) is 4.52. The third-order valence-electron chi connectivity index (χ3n) is 5.44. The first-order chi connectivity index (χ1) is 10.0. The summed E-state index contributed by atoms with van der Waals surface area (Å²) in [7, 11) is 0.